The van der Waals surface area contributed by atoms with E-state index >= 15 is 0 Å². The molecule has 0 aromatic rings. The molecule has 2 amide bonds. The summed E-state index contributed by atoms with van der Waals surface area (Å²) in [7, 11) is 0. The van der Waals surface area contributed by atoms with Crippen molar-refractivity contribution in [2.75, 3.05) is 26.4 Å². The Hall–Kier alpha value is -0.810. The number of rotatable bonds is 6. The third-order valence-corrected chi connectivity index (χ3v) is 5.18. The highest BCUT2D eigenvalue weighted by Crippen LogP contribution is 2.55. The van der Waals surface area contributed by atoms with Crippen LogP contribution < -0.4 is 10.6 Å². The maximum atomic E-state index is 12.0. The first-order chi connectivity index (χ1) is 9.69. The van der Waals surface area contributed by atoms with Gasteiger partial charge in [-0.05, 0) is 56.3 Å². The number of aliphatic hydroxyl groups excluding tert-OH is 1. The Bertz CT molecular complexity index is 324. The quantitative estimate of drug-likeness (QED) is 0.642. The number of amides is 2. The second kappa shape index (κ2) is 5.90. The number of nitrogens with one attached hydrogen (secondary N) is 2. The van der Waals surface area contributed by atoms with Crippen molar-refractivity contribution >= 4 is 6.03 Å². The second-order valence-corrected chi connectivity index (χ2v) is 6.91. The fourth-order valence-corrected chi connectivity index (χ4v) is 4.95. The van der Waals surface area contributed by atoms with Gasteiger partial charge in [0.1, 0.15) is 0 Å². The predicted octanol–water partition coefficient (Wildman–Crippen LogP) is 1.26. The number of carbonyl (C=O) groups excluding carboxylic acids is 1. The van der Waals surface area contributed by atoms with Crippen molar-refractivity contribution < 1.29 is 14.6 Å². The van der Waals surface area contributed by atoms with Crippen LogP contribution in [0.15, 0.2) is 0 Å². The minimum atomic E-state index is -0.0560. The van der Waals surface area contributed by atoms with Crippen LogP contribution in [0, 0.1) is 17.8 Å². The number of carbonyl (C=O) groups is 1. The van der Waals surface area contributed by atoms with E-state index < -0.39 is 0 Å². The Kier molecular flexibility index (Phi) is 4.17. The average molecular weight is 282 g/mol. The van der Waals surface area contributed by atoms with E-state index in [0.29, 0.717) is 19.8 Å². The molecule has 0 aliphatic heterocycles. The normalized spacial score (nSPS) is 38.0. The fraction of sp³-hybridized carbons (Fsp3) is 0.933. The summed E-state index contributed by atoms with van der Waals surface area (Å²) in [6, 6.07) is -0.0560. The number of urea groups is 1. The van der Waals surface area contributed by atoms with Gasteiger partial charge in [-0.15, -0.1) is 0 Å². The van der Waals surface area contributed by atoms with Crippen LogP contribution in [0.2, 0.25) is 0 Å². The number of hydrogen-bond acceptors (Lipinski definition) is 3. The molecule has 3 N–H and O–H groups in total. The summed E-state index contributed by atoms with van der Waals surface area (Å²) < 4.78 is 5.13. The molecule has 0 radical (unpaired) electrons. The van der Waals surface area contributed by atoms with Crippen LogP contribution >= 0.6 is 0 Å². The lowest BCUT2D eigenvalue weighted by Crippen LogP contribution is -2.61. The Labute approximate surface area is 120 Å². The van der Waals surface area contributed by atoms with Gasteiger partial charge in [-0.1, -0.05) is 0 Å². The summed E-state index contributed by atoms with van der Waals surface area (Å²) >= 11 is 0. The minimum Gasteiger partial charge on any atom is -0.394 e. The third kappa shape index (κ3) is 3.09. The highest BCUT2D eigenvalue weighted by atomic mass is 16.5. The van der Waals surface area contributed by atoms with Crippen LogP contribution in [0.1, 0.15) is 38.5 Å². The smallest absolute Gasteiger partial charge is 0.315 e. The predicted molar refractivity (Wildman–Crippen MR) is 75.3 cm³/mol. The molecule has 0 unspecified atom stereocenters. The topological polar surface area (TPSA) is 70.6 Å². The largest absolute Gasteiger partial charge is 0.394 e. The molecule has 20 heavy (non-hydrogen) atoms. The first-order valence-corrected chi connectivity index (χ1v) is 7.94. The molecule has 5 nitrogen and oxygen atoms in total. The molecule has 4 rings (SSSR count). The van der Waals surface area contributed by atoms with Gasteiger partial charge >= 0.3 is 6.03 Å². The zero-order chi connectivity index (χ0) is 14.0. The van der Waals surface area contributed by atoms with Gasteiger partial charge in [0.2, 0.25) is 0 Å². The molecular formula is C15H26N2O3. The molecule has 4 aliphatic rings. The maximum absolute atomic E-state index is 12.0. The van der Waals surface area contributed by atoms with Gasteiger partial charge in [-0.3, -0.25) is 0 Å². The van der Waals surface area contributed by atoms with E-state index in [0.717, 1.165) is 17.8 Å². The summed E-state index contributed by atoms with van der Waals surface area (Å²) in [5, 5.41) is 14.7. The molecule has 4 bridgehead atoms. The zero-order valence-corrected chi connectivity index (χ0v) is 12.1. The lowest BCUT2D eigenvalue weighted by molar-refractivity contribution is -0.0136. The standard InChI is InChI=1S/C15H26N2O3/c18-2-4-20-3-1-16-14(19)17-15-8-11-5-12(9-15)7-13(6-11)10-15/h11-13,18H,1-10H2,(H2,16,17,19). The Morgan fingerprint density at radius 3 is 2.25 bits per heavy atom. The van der Waals surface area contributed by atoms with E-state index in [2.05, 4.69) is 10.6 Å². The Morgan fingerprint density at radius 1 is 1.10 bits per heavy atom. The number of aliphatic hydroxyl groups is 1. The first kappa shape index (κ1) is 14.1. The van der Waals surface area contributed by atoms with Crippen molar-refractivity contribution in [2.24, 2.45) is 17.8 Å². The van der Waals surface area contributed by atoms with Crippen molar-refractivity contribution in [3.8, 4) is 0 Å². The van der Waals surface area contributed by atoms with Gasteiger partial charge in [0.15, 0.2) is 0 Å². The van der Waals surface area contributed by atoms with E-state index in [9.17, 15) is 4.79 Å². The van der Waals surface area contributed by atoms with E-state index in [1.165, 1.54) is 38.5 Å². The third-order valence-electron chi connectivity index (χ3n) is 5.18. The first-order valence-electron chi connectivity index (χ1n) is 7.94. The fourth-order valence-electron chi connectivity index (χ4n) is 4.95. The summed E-state index contributed by atoms with van der Waals surface area (Å²) in [4.78, 5) is 12.0. The van der Waals surface area contributed by atoms with E-state index in [-0.39, 0.29) is 18.2 Å². The molecule has 0 aromatic heterocycles. The molecule has 0 aromatic carbocycles. The molecule has 0 heterocycles. The summed E-state index contributed by atoms with van der Waals surface area (Å²) in [5.74, 6) is 2.53. The summed E-state index contributed by atoms with van der Waals surface area (Å²) in [5.41, 5.74) is 0.0742. The Balaban J connectivity index is 1.44. The van der Waals surface area contributed by atoms with E-state index in [1.807, 2.05) is 0 Å². The molecule has 4 fully saturated rings. The molecule has 0 spiro atoms. The lowest BCUT2D eigenvalue weighted by atomic mass is 9.53. The van der Waals surface area contributed by atoms with Crippen molar-refractivity contribution in [3.05, 3.63) is 0 Å². The highest BCUT2D eigenvalue weighted by molar-refractivity contribution is 5.74. The van der Waals surface area contributed by atoms with Gasteiger partial charge in [-0.2, -0.15) is 0 Å². The summed E-state index contributed by atoms with van der Waals surface area (Å²) in [6.07, 6.45) is 7.68. The van der Waals surface area contributed by atoms with Crippen molar-refractivity contribution in [1.82, 2.24) is 10.6 Å². The van der Waals surface area contributed by atoms with Gasteiger partial charge in [0.05, 0.1) is 19.8 Å². The van der Waals surface area contributed by atoms with Crippen LogP contribution in [0.4, 0.5) is 4.79 Å². The number of hydrogen-bond donors (Lipinski definition) is 3. The molecule has 114 valence electrons. The molecule has 4 saturated carbocycles. The van der Waals surface area contributed by atoms with Crippen LogP contribution in [0.3, 0.4) is 0 Å². The molecule has 5 heteroatoms. The van der Waals surface area contributed by atoms with Gasteiger partial charge in [-0.25, -0.2) is 4.79 Å². The highest BCUT2D eigenvalue weighted by Gasteiger charge is 2.51. The minimum absolute atomic E-state index is 0.0273. The lowest BCUT2D eigenvalue weighted by Gasteiger charge is -2.56. The van der Waals surface area contributed by atoms with Crippen LogP contribution in [-0.2, 0) is 4.74 Å². The monoisotopic (exact) mass is 282 g/mol. The number of ether oxygens (including phenoxy) is 1. The van der Waals surface area contributed by atoms with Crippen molar-refractivity contribution in [2.45, 2.75) is 44.1 Å². The SMILES string of the molecule is O=C(NCCOCCO)NC12CC3CC(CC(C3)C1)C2. The average Bonchev–Trinajstić information content (AvgIpc) is 2.36. The molecule has 0 atom stereocenters. The maximum Gasteiger partial charge on any atom is 0.315 e. The second-order valence-electron chi connectivity index (χ2n) is 6.91. The zero-order valence-electron chi connectivity index (χ0n) is 12.1. The van der Waals surface area contributed by atoms with E-state index in [1.54, 1.807) is 0 Å². The van der Waals surface area contributed by atoms with Crippen LogP contribution in [-0.4, -0.2) is 43.0 Å². The van der Waals surface area contributed by atoms with Crippen LogP contribution in [0.5, 0.6) is 0 Å². The van der Waals surface area contributed by atoms with Crippen LogP contribution in [0.25, 0.3) is 0 Å². The van der Waals surface area contributed by atoms with E-state index in [4.69, 9.17) is 9.84 Å². The van der Waals surface area contributed by atoms with Gasteiger partial charge < -0.3 is 20.5 Å². The molecule has 4 aliphatic carbocycles. The Morgan fingerprint density at radius 2 is 1.70 bits per heavy atom. The van der Waals surface area contributed by atoms with Gasteiger partial charge in [0.25, 0.3) is 0 Å². The summed E-state index contributed by atoms with van der Waals surface area (Å²) in [6.45, 7) is 1.31. The molecular weight excluding hydrogens is 256 g/mol. The van der Waals surface area contributed by atoms with Crippen molar-refractivity contribution in [3.63, 3.8) is 0 Å². The van der Waals surface area contributed by atoms with Crippen molar-refractivity contribution in [1.29, 1.82) is 0 Å². The molecule has 0 saturated heterocycles. The van der Waals surface area contributed by atoms with Gasteiger partial charge in [0, 0.05) is 12.1 Å².